The number of carbonyl (C=O) groups excluding carboxylic acids is 1. The van der Waals surface area contributed by atoms with Crippen LogP contribution in [0.15, 0.2) is 24.4 Å². The summed E-state index contributed by atoms with van der Waals surface area (Å²) in [4.78, 5) is 16.8. The first-order chi connectivity index (χ1) is 11.1. The number of rotatable bonds is 5. The maximum Gasteiger partial charge on any atom is 0.253 e. The molecule has 3 rings (SSSR count). The Labute approximate surface area is 140 Å². The molecule has 1 aromatic heterocycles. The number of benzene rings is 1. The lowest BCUT2D eigenvalue weighted by Crippen LogP contribution is -2.24. The fourth-order valence-electron chi connectivity index (χ4n) is 2.76. The van der Waals surface area contributed by atoms with E-state index in [0.717, 1.165) is 30.9 Å². The molecule has 1 N–H and O–H groups in total. The average molecular weight is 334 g/mol. The van der Waals surface area contributed by atoms with E-state index in [-0.39, 0.29) is 12.0 Å². The lowest BCUT2D eigenvalue weighted by molar-refractivity contribution is 0.0949. The molecule has 0 spiro atoms. The lowest BCUT2D eigenvalue weighted by Gasteiger charge is -2.14. The van der Waals surface area contributed by atoms with Gasteiger partial charge in [-0.05, 0) is 32.4 Å². The molecular weight excluding hydrogens is 314 g/mol. The van der Waals surface area contributed by atoms with Crippen LogP contribution in [0.2, 0.25) is 5.02 Å². The van der Waals surface area contributed by atoms with Crippen molar-refractivity contribution >= 4 is 17.5 Å². The monoisotopic (exact) mass is 333 g/mol. The van der Waals surface area contributed by atoms with Crippen molar-refractivity contribution in [3.63, 3.8) is 0 Å². The SMILES string of the molecule is CC(C)Oc1cccc(C(=O)NCc2cnc3n2CCC3)c1Cl. The first-order valence-corrected chi connectivity index (χ1v) is 8.20. The third-order valence-electron chi connectivity index (χ3n) is 3.80. The van der Waals surface area contributed by atoms with Crippen LogP contribution in [0.5, 0.6) is 5.75 Å². The molecule has 0 saturated carbocycles. The molecule has 1 amide bonds. The molecule has 2 heterocycles. The minimum Gasteiger partial charge on any atom is -0.489 e. The molecule has 5 nitrogen and oxygen atoms in total. The first kappa shape index (κ1) is 15.9. The fourth-order valence-corrected chi connectivity index (χ4v) is 3.02. The molecule has 0 fully saturated rings. The van der Waals surface area contributed by atoms with Crippen molar-refractivity contribution in [1.29, 1.82) is 0 Å². The summed E-state index contributed by atoms with van der Waals surface area (Å²) in [6.45, 7) is 5.25. The van der Waals surface area contributed by atoms with Gasteiger partial charge in [-0.2, -0.15) is 0 Å². The molecule has 0 bridgehead atoms. The van der Waals surface area contributed by atoms with Crippen molar-refractivity contribution in [2.75, 3.05) is 0 Å². The predicted molar refractivity (Wildman–Crippen MR) is 88.9 cm³/mol. The van der Waals surface area contributed by atoms with Gasteiger partial charge >= 0.3 is 0 Å². The second kappa shape index (κ2) is 6.62. The van der Waals surface area contributed by atoms with Crippen LogP contribution in [0, 0.1) is 0 Å². The summed E-state index contributed by atoms with van der Waals surface area (Å²) >= 11 is 6.30. The van der Waals surface area contributed by atoms with Crippen LogP contribution < -0.4 is 10.1 Å². The summed E-state index contributed by atoms with van der Waals surface area (Å²) in [5, 5.41) is 3.26. The zero-order valence-electron chi connectivity index (χ0n) is 13.3. The van der Waals surface area contributed by atoms with Crippen LogP contribution in [-0.4, -0.2) is 21.6 Å². The van der Waals surface area contributed by atoms with Gasteiger partial charge in [0.2, 0.25) is 0 Å². The molecule has 0 saturated heterocycles. The Hall–Kier alpha value is -2.01. The van der Waals surface area contributed by atoms with E-state index in [4.69, 9.17) is 16.3 Å². The van der Waals surface area contributed by atoms with Crippen molar-refractivity contribution in [1.82, 2.24) is 14.9 Å². The number of nitrogens with one attached hydrogen (secondary N) is 1. The molecule has 6 heteroatoms. The minimum atomic E-state index is -0.210. The topological polar surface area (TPSA) is 56.1 Å². The molecule has 0 unspecified atom stereocenters. The molecular formula is C17H20ClN3O2. The normalized spacial score (nSPS) is 13.2. The zero-order valence-corrected chi connectivity index (χ0v) is 14.1. The highest BCUT2D eigenvalue weighted by atomic mass is 35.5. The summed E-state index contributed by atoms with van der Waals surface area (Å²) in [5.41, 5.74) is 1.45. The van der Waals surface area contributed by atoms with Crippen LogP contribution in [0.3, 0.4) is 0 Å². The number of hydrogen-bond acceptors (Lipinski definition) is 3. The number of aryl methyl sites for hydroxylation is 1. The van der Waals surface area contributed by atoms with E-state index in [1.165, 1.54) is 0 Å². The van der Waals surface area contributed by atoms with Crippen molar-refractivity contribution in [3.05, 3.63) is 46.5 Å². The lowest BCUT2D eigenvalue weighted by atomic mass is 10.2. The van der Waals surface area contributed by atoms with Crippen molar-refractivity contribution in [2.24, 2.45) is 0 Å². The second-order valence-corrected chi connectivity index (χ2v) is 6.27. The Bertz CT molecular complexity index is 725. The first-order valence-electron chi connectivity index (χ1n) is 7.83. The number of carbonyl (C=O) groups is 1. The van der Waals surface area contributed by atoms with Crippen LogP contribution >= 0.6 is 11.6 Å². The van der Waals surface area contributed by atoms with E-state index < -0.39 is 0 Å². The van der Waals surface area contributed by atoms with E-state index in [2.05, 4.69) is 14.9 Å². The predicted octanol–water partition coefficient (Wildman–Crippen LogP) is 3.20. The van der Waals surface area contributed by atoms with Crippen LogP contribution in [0.4, 0.5) is 0 Å². The Morgan fingerprint density at radius 2 is 2.30 bits per heavy atom. The largest absolute Gasteiger partial charge is 0.489 e. The molecule has 23 heavy (non-hydrogen) atoms. The average Bonchev–Trinajstić information content (AvgIpc) is 3.10. The standard InChI is InChI=1S/C17H20ClN3O2/c1-11(2)23-14-6-3-5-13(16(14)18)17(22)20-10-12-9-19-15-7-4-8-21(12)15/h3,5-6,9,11H,4,7-8,10H2,1-2H3,(H,20,22). The number of fused-ring (bicyclic) bond motifs is 1. The Morgan fingerprint density at radius 3 is 3.09 bits per heavy atom. The molecule has 0 atom stereocenters. The summed E-state index contributed by atoms with van der Waals surface area (Å²) in [6, 6.07) is 5.24. The van der Waals surface area contributed by atoms with Gasteiger partial charge < -0.3 is 14.6 Å². The van der Waals surface area contributed by atoms with E-state index in [9.17, 15) is 4.79 Å². The van der Waals surface area contributed by atoms with Gasteiger partial charge in [-0.3, -0.25) is 4.79 Å². The molecule has 1 aromatic carbocycles. The van der Waals surface area contributed by atoms with Gasteiger partial charge in [-0.1, -0.05) is 17.7 Å². The quantitative estimate of drug-likeness (QED) is 0.914. The summed E-state index contributed by atoms with van der Waals surface area (Å²) in [5.74, 6) is 1.41. The molecule has 1 aliphatic heterocycles. The maximum absolute atomic E-state index is 12.4. The van der Waals surface area contributed by atoms with Crippen molar-refractivity contribution in [2.45, 2.75) is 45.9 Å². The van der Waals surface area contributed by atoms with Gasteiger partial charge in [-0.25, -0.2) is 4.98 Å². The van der Waals surface area contributed by atoms with Crippen molar-refractivity contribution in [3.8, 4) is 5.75 Å². The number of amides is 1. The van der Waals surface area contributed by atoms with E-state index >= 15 is 0 Å². The molecule has 0 aliphatic carbocycles. The number of ether oxygens (including phenoxy) is 1. The van der Waals surface area contributed by atoms with Crippen LogP contribution in [0.1, 0.15) is 42.1 Å². The Kier molecular flexibility index (Phi) is 4.57. The Morgan fingerprint density at radius 1 is 1.48 bits per heavy atom. The fraction of sp³-hybridized carbons (Fsp3) is 0.412. The third-order valence-corrected chi connectivity index (χ3v) is 4.19. The number of hydrogen-bond donors (Lipinski definition) is 1. The van der Waals surface area contributed by atoms with Gasteiger partial charge in [0.25, 0.3) is 5.91 Å². The molecule has 2 aromatic rings. The van der Waals surface area contributed by atoms with Gasteiger partial charge in [0.1, 0.15) is 11.6 Å². The highest BCUT2D eigenvalue weighted by Crippen LogP contribution is 2.29. The molecule has 1 aliphatic rings. The van der Waals surface area contributed by atoms with Crippen molar-refractivity contribution < 1.29 is 9.53 Å². The highest BCUT2D eigenvalue weighted by molar-refractivity contribution is 6.35. The smallest absolute Gasteiger partial charge is 0.253 e. The highest BCUT2D eigenvalue weighted by Gasteiger charge is 2.18. The van der Waals surface area contributed by atoms with E-state index in [1.54, 1.807) is 18.2 Å². The number of imidazole rings is 1. The summed E-state index contributed by atoms with van der Waals surface area (Å²) in [6.07, 6.45) is 3.95. The van der Waals surface area contributed by atoms with Gasteiger partial charge in [-0.15, -0.1) is 0 Å². The second-order valence-electron chi connectivity index (χ2n) is 5.89. The number of aromatic nitrogens is 2. The summed E-state index contributed by atoms with van der Waals surface area (Å²) in [7, 11) is 0. The number of halogens is 1. The maximum atomic E-state index is 12.4. The van der Waals surface area contributed by atoms with Crippen LogP contribution in [0.25, 0.3) is 0 Å². The van der Waals surface area contributed by atoms with Gasteiger partial charge in [0.15, 0.2) is 0 Å². The molecule has 122 valence electrons. The third kappa shape index (κ3) is 3.34. The van der Waals surface area contributed by atoms with E-state index in [1.807, 2.05) is 20.0 Å². The molecule has 0 radical (unpaired) electrons. The van der Waals surface area contributed by atoms with Crippen LogP contribution in [-0.2, 0) is 19.5 Å². The Balaban J connectivity index is 1.71. The van der Waals surface area contributed by atoms with Gasteiger partial charge in [0.05, 0.1) is 35.1 Å². The van der Waals surface area contributed by atoms with E-state index in [0.29, 0.717) is 22.9 Å². The van der Waals surface area contributed by atoms with Gasteiger partial charge in [0, 0.05) is 13.0 Å². The zero-order chi connectivity index (χ0) is 16.4. The minimum absolute atomic E-state index is 0.000178. The number of nitrogens with zero attached hydrogens (tertiary/aromatic N) is 2. The summed E-state index contributed by atoms with van der Waals surface area (Å²) < 4.78 is 7.79.